The molecule has 0 aromatic heterocycles. The maximum Gasteiger partial charge on any atom is 0.279 e. The highest BCUT2D eigenvalue weighted by Crippen LogP contribution is 2.36. The van der Waals surface area contributed by atoms with Crippen molar-refractivity contribution in [2.45, 2.75) is 29.6 Å². The van der Waals surface area contributed by atoms with Crippen molar-refractivity contribution in [2.24, 2.45) is 0 Å². The lowest BCUT2D eigenvalue weighted by Crippen LogP contribution is -2.48. The zero-order valence-corrected chi connectivity index (χ0v) is 15.7. The summed E-state index contributed by atoms with van der Waals surface area (Å²) < 4.78 is 18.8. The number of hydrogen-bond donors (Lipinski definition) is 3. The number of hydrazine groups is 1. The fraction of sp³-hybridized carbons (Fsp3) is 0.211. The molecule has 7 nitrogen and oxygen atoms in total. The molecule has 0 unspecified atom stereocenters. The fourth-order valence-corrected chi connectivity index (χ4v) is 3.57. The molecule has 9 heteroatoms. The first-order chi connectivity index (χ1) is 13.4. The normalized spacial score (nSPS) is 16.4. The van der Waals surface area contributed by atoms with E-state index in [1.165, 1.54) is 36.9 Å². The lowest BCUT2D eigenvalue weighted by Gasteiger charge is -2.23. The van der Waals surface area contributed by atoms with Crippen LogP contribution in [0.5, 0.6) is 5.75 Å². The summed E-state index contributed by atoms with van der Waals surface area (Å²) in [7, 11) is 0. The number of carbonyl (C=O) groups is 3. The summed E-state index contributed by atoms with van der Waals surface area (Å²) in [6.07, 6.45) is -1.15. The van der Waals surface area contributed by atoms with Crippen LogP contribution in [-0.2, 0) is 14.4 Å². The summed E-state index contributed by atoms with van der Waals surface area (Å²) in [5, 5.41) is 2.14. The number of hydrogen-bond acceptors (Lipinski definition) is 5. The molecule has 2 aromatic rings. The third-order valence-corrected chi connectivity index (χ3v) is 5.19. The number of amides is 3. The molecule has 28 heavy (non-hydrogen) atoms. The van der Waals surface area contributed by atoms with E-state index in [1.807, 2.05) is 18.2 Å². The Morgan fingerprint density at radius 3 is 2.68 bits per heavy atom. The molecule has 3 rings (SSSR count). The molecule has 2 atom stereocenters. The predicted octanol–water partition coefficient (Wildman–Crippen LogP) is 2.24. The smallest absolute Gasteiger partial charge is 0.279 e. The van der Waals surface area contributed by atoms with Gasteiger partial charge >= 0.3 is 0 Å². The van der Waals surface area contributed by atoms with Crippen molar-refractivity contribution in [1.29, 1.82) is 0 Å². The molecule has 0 radical (unpaired) electrons. The van der Waals surface area contributed by atoms with Crippen molar-refractivity contribution in [3.8, 4) is 5.75 Å². The second-order valence-electron chi connectivity index (χ2n) is 6.02. The Morgan fingerprint density at radius 1 is 1.18 bits per heavy atom. The molecule has 3 N–H and O–H groups in total. The Balaban J connectivity index is 1.48. The van der Waals surface area contributed by atoms with Gasteiger partial charge in [-0.15, -0.1) is 11.8 Å². The lowest BCUT2D eigenvalue weighted by molar-refractivity contribution is -0.133. The first-order valence-corrected chi connectivity index (χ1v) is 9.38. The molecule has 0 saturated heterocycles. The van der Waals surface area contributed by atoms with Crippen LogP contribution in [-0.4, -0.2) is 29.1 Å². The molecular formula is C19H18FN3O4S. The van der Waals surface area contributed by atoms with E-state index in [0.717, 1.165) is 4.90 Å². The Bertz CT molecular complexity index is 908. The Kier molecular flexibility index (Phi) is 6.15. The Labute approximate surface area is 165 Å². The minimum atomic E-state index is -1.03. The number of thioether (sulfide) groups is 1. The van der Waals surface area contributed by atoms with Crippen LogP contribution in [0.2, 0.25) is 0 Å². The molecule has 1 aliphatic heterocycles. The van der Waals surface area contributed by atoms with Crippen LogP contribution in [0.3, 0.4) is 0 Å². The molecule has 0 aliphatic carbocycles. The van der Waals surface area contributed by atoms with E-state index in [0.29, 0.717) is 5.69 Å². The summed E-state index contributed by atoms with van der Waals surface area (Å²) >= 11 is 1.29. The van der Waals surface area contributed by atoms with Crippen LogP contribution in [0.25, 0.3) is 0 Å². The number of para-hydroxylation sites is 2. The second-order valence-corrected chi connectivity index (χ2v) is 7.27. The van der Waals surface area contributed by atoms with Gasteiger partial charge in [0.2, 0.25) is 11.8 Å². The van der Waals surface area contributed by atoms with Crippen molar-refractivity contribution in [3.63, 3.8) is 0 Å². The average molecular weight is 403 g/mol. The highest BCUT2D eigenvalue weighted by Gasteiger charge is 2.29. The highest BCUT2D eigenvalue weighted by atomic mass is 32.2. The van der Waals surface area contributed by atoms with E-state index in [9.17, 15) is 18.8 Å². The standard InChI is InChI=1S/C19H18FN3O4S/c1-11(27-14-8-4-2-6-12(14)20)18(25)23-22-17(24)10-16-19(26)21-13-7-3-5-9-15(13)28-16/h2-9,11,16H,10H2,1H3,(H,21,26)(H,22,24)(H,23,25)/t11-,16+/m0/s1. The van der Waals surface area contributed by atoms with Gasteiger partial charge in [-0.3, -0.25) is 25.2 Å². The SMILES string of the molecule is C[C@H](Oc1ccccc1F)C(=O)NNC(=O)C[C@H]1Sc2ccccc2NC1=O. The van der Waals surface area contributed by atoms with Gasteiger partial charge in [-0.05, 0) is 31.2 Å². The summed E-state index contributed by atoms with van der Waals surface area (Å²) in [5.41, 5.74) is 5.18. The molecule has 1 heterocycles. The maximum absolute atomic E-state index is 13.6. The minimum absolute atomic E-state index is 0.0644. The zero-order chi connectivity index (χ0) is 20.1. The minimum Gasteiger partial charge on any atom is -0.478 e. The number of benzene rings is 2. The summed E-state index contributed by atoms with van der Waals surface area (Å²) in [4.78, 5) is 37.1. The van der Waals surface area contributed by atoms with Gasteiger partial charge in [-0.25, -0.2) is 4.39 Å². The third kappa shape index (κ3) is 4.80. The van der Waals surface area contributed by atoms with Gasteiger partial charge < -0.3 is 10.1 Å². The molecule has 0 fully saturated rings. The Morgan fingerprint density at radius 2 is 1.89 bits per heavy atom. The molecule has 2 aromatic carbocycles. The largest absolute Gasteiger partial charge is 0.478 e. The summed E-state index contributed by atoms with van der Waals surface area (Å²) in [5.74, 6) is -2.11. The van der Waals surface area contributed by atoms with Gasteiger partial charge in [-0.1, -0.05) is 24.3 Å². The lowest BCUT2D eigenvalue weighted by atomic mass is 10.2. The number of fused-ring (bicyclic) bond motifs is 1. The molecule has 1 aliphatic rings. The Hall–Kier alpha value is -3.07. The number of carbonyl (C=O) groups excluding carboxylic acids is 3. The average Bonchev–Trinajstić information content (AvgIpc) is 2.68. The first kappa shape index (κ1) is 19.7. The molecule has 0 spiro atoms. The van der Waals surface area contributed by atoms with Gasteiger partial charge in [0.05, 0.1) is 10.9 Å². The van der Waals surface area contributed by atoms with E-state index in [4.69, 9.17) is 4.74 Å². The van der Waals surface area contributed by atoms with Crippen LogP contribution in [0, 0.1) is 5.82 Å². The fourth-order valence-electron chi connectivity index (χ4n) is 2.46. The third-order valence-electron chi connectivity index (χ3n) is 3.91. The van der Waals surface area contributed by atoms with E-state index in [2.05, 4.69) is 16.2 Å². The molecule has 146 valence electrons. The van der Waals surface area contributed by atoms with Crippen LogP contribution in [0.15, 0.2) is 53.4 Å². The van der Waals surface area contributed by atoms with Crippen molar-refractivity contribution in [3.05, 3.63) is 54.3 Å². The second kappa shape index (κ2) is 8.75. The molecule has 0 bridgehead atoms. The van der Waals surface area contributed by atoms with Crippen molar-refractivity contribution in [1.82, 2.24) is 10.9 Å². The van der Waals surface area contributed by atoms with E-state index in [1.54, 1.807) is 12.1 Å². The van der Waals surface area contributed by atoms with Crippen molar-refractivity contribution < 1.29 is 23.5 Å². The predicted molar refractivity (Wildman–Crippen MR) is 102 cm³/mol. The summed E-state index contributed by atoms with van der Waals surface area (Å²) in [6.45, 7) is 1.43. The van der Waals surface area contributed by atoms with Gasteiger partial charge in [0, 0.05) is 11.3 Å². The highest BCUT2D eigenvalue weighted by molar-refractivity contribution is 8.01. The van der Waals surface area contributed by atoms with Gasteiger partial charge in [0.1, 0.15) is 0 Å². The number of halogens is 1. The van der Waals surface area contributed by atoms with Gasteiger partial charge in [0.15, 0.2) is 17.7 Å². The molecule has 3 amide bonds. The van der Waals surface area contributed by atoms with Crippen LogP contribution in [0.1, 0.15) is 13.3 Å². The topological polar surface area (TPSA) is 96.5 Å². The zero-order valence-electron chi connectivity index (χ0n) is 14.9. The van der Waals surface area contributed by atoms with Crippen molar-refractivity contribution >= 4 is 35.2 Å². The first-order valence-electron chi connectivity index (χ1n) is 8.50. The van der Waals surface area contributed by atoms with Crippen LogP contribution < -0.4 is 20.9 Å². The number of rotatable bonds is 5. The quantitative estimate of drug-likeness (QED) is 0.666. The van der Waals surface area contributed by atoms with Crippen molar-refractivity contribution in [2.75, 3.05) is 5.32 Å². The summed E-state index contributed by atoms with van der Waals surface area (Å²) in [6, 6.07) is 13.0. The van der Waals surface area contributed by atoms with Crippen LogP contribution >= 0.6 is 11.8 Å². The van der Waals surface area contributed by atoms with Gasteiger partial charge in [0.25, 0.3) is 5.91 Å². The number of anilines is 1. The molecule has 0 saturated carbocycles. The number of nitrogens with one attached hydrogen (secondary N) is 3. The van der Waals surface area contributed by atoms with E-state index >= 15 is 0 Å². The van der Waals surface area contributed by atoms with E-state index < -0.39 is 29.0 Å². The van der Waals surface area contributed by atoms with Crippen LogP contribution in [0.4, 0.5) is 10.1 Å². The maximum atomic E-state index is 13.6. The molecular weight excluding hydrogens is 385 g/mol. The number of ether oxygens (including phenoxy) is 1. The van der Waals surface area contributed by atoms with Gasteiger partial charge in [-0.2, -0.15) is 0 Å². The monoisotopic (exact) mass is 403 g/mol. The van der Waals surface area contributed by atoms with E-state index in [-0.39, 0.29) is 18.1 Å².